The van der Waals surface area contributed by atoms with Crippen LogP contribution in [-0.2, 0) is 19.2 Å². The summed E-state index contributed by atoms with van der Waals surface area (Å²) in [5.74, 6) is -2.49. The summed E-state index contributed by atoms with van der Waals surface area (Å²) in [4.78, 5) is 31.1. The van der Waals surface area contributed by atoms with Gasteiger partial charge in [0.2, 0.25) is 11.8 Å². The molecule has 126 valence electrons. The molecule has 2 aromatic carbocycles. The number of esters is 1. The van der Waals surface area contributed by atoms with Gasteiger partial charge in [0.25, 0.3) is 0 Å². The number of aliphatic imine (C=N–C) groups is 1. The summed E-state index contributed by atoms with van der Waals surface area (Å²) in [6, 6.07) is 16.0. The summed E-state index contributed by atoms with van der Waals surface area (Å²) in [6.07, 6.45) is -0.146. The molecule has 0 aromatic heterocycles. The van der Waals surface area contributed by atoms with Gasteiger partial charge in [0.05, 0.1) is 6.42 Å². The molecule has 1 unspecified atom stereocenters. The molecule has 2 aromatic rings. The Bertz CT molecular complexity index is 843. The minimum atomic E-state index is -0.982. The van der Waals surface area contributed by atoms with Crippen molar-refractivity contribution in [3.8, 4) is 11.1 Å². The normalized spacial score (nSPS) is 18.5. The van der Waals surface area contributed by atoms with Crippen molar-refractivity contribution in [3.05, 3.63) is 59.7 Å². The van der Waals surface area contributed by atoms with Gasteiger partial charge in [-0.25, -0.2) is 5.26 Å². The second kappa shape index (κ2) is 6.14. The number of carbonyl (C=O) groups excluding carboxylic acids is 2. The molecule has 6 heteroatoms. The highest BCUT2D eigenvalue weighted by molar-refractivity contribution is 6.09. The Morgan fingerprint density at radius 2 is 1.68 bits per heavy atom. The Labute approximate surface area is 143 Å². The number of ether oxygens (including phenoxy) is 1. The van der Waals surface area contributed by atoms with Gasteiger partial charge in [-0.05, 0) is 22.3 Å². The number of amides is 1. The van der Waals surface area contributed by atoms with E-state index in [4.69, 9.17) is 9.99 Å². The zero-order valence-corrected chi connectivity index (χ0v) is 13.2. The number of hydrogen-bond donors (Lipinski definition) is 1. The second-order valence-electron chi connectivity index (χ2n) is 6.05. The van der Waals surface area contributed by atoms with Gasteiger partial charge >= 0.3 is 5.97 Å². The number of hydrogen-bond acceptors (Lipinski definition) is 5. The minimum absolute atomic E-state index is 0.0658. The molecule has 0 saturated carbocycles. The van der Waals surface area contributed by atoms with Crippen LogP contribution >= 0.6 is 0 Å². The van der Waals surface area contributed by atoms with Crippen molar-refractivity contribution in [2.75, 3.05) is 6.61 Å². The van der Waals surface area contributed by atoms with Crippen LogP contribution in [0.1, 0.15) is 23.5 Å². The molecule has 1 aliphatic carbocycles. The van der Waals surface area contributed by atoms with Gasteiger partial charge in [-0.3, -0.25) is 9.59 Å². The average molecular weight is 337 g/mol. The third kappa shape index (κ3) is 2.60. The monoisotopic (exact) mass is 337 g/mol. The largest absolute Gasteiger partial charge is 0.464 e. The number of carbonyl (C=O) groups is 2. The molecule has 1 atom stereocenters. The molecule has 0 fully saturated rings. The van der Waals surface area contributed by atoms with Crippen LogP contribution in [0, 0.1) is 5.92 Å². The molecule has 0 spiro atoms. The van der Waals surface area contributed by atoms with Crippen molar-refractivity contribution in [1.29, 1.82) is 0 Å². The molecule has 1 N–H and O–H groups in total. The van der Waals surface area contributed by atoms with E-state index in [1.807, 2.05) is 36.4 Å². The quantitative estimate of drug-likeness (QED) is 0.529. The first-order chi connectivity index (χ1) is 12.2. The van der Waals surface area contributed by atoms with Crippen LogP contribution in [0.4, 0.5) is 0 Å². The summed E-state index contributed by atoms with van der Waals surface area (Å²) in [6.45, 7) is 0.149. The van der Waals surface area contributed by atoms with Gasteiger partial charge in [-0.1, -0.05) is 48.5 Å². The maximum Gasteiger partial charge on any atom is 0.319 e. The molecule has 0 radical (unpaired) electrons. The number of rotatable bonds is 3. The SMILES string of the molecule is O=C1CC(C(=O)OCC2c3ccccc3-c3ccccc32)C(OO)=N1. The predicted octanol–water partition coefficient (Wildman–Crippen LogP) is 2.78. The van der Waals surface area contributed by atoms with E-state index in [9.17, 15) is 9.59 Å². The van der Waals surface area contributed by atoms with E-state index in [-0.39, 0.29) is 24.8 Å². The number of nitrogens with zero attached hydrogens (tertiary/aromatic N) is 1. The summed E-state index contributed by atoms with van der Waals surface area (Å²) in [5, 5.41) is 8.75. The molecule has 0 saturated heterocycles. The third-order valence-corrected chi connectivity index (χ3v) is 4.64. The van der Waals surface area contributed by atoms with Crippen molar-refractivity contribution in [3.63, 3.8) is 0 Å². The zero-order valence-electron chi connectivity index (χ0n) is 13.2. The number of fused-ring (bicyclic) bond motifs is 3. The van der Waals surface area contributed by atoms with E-state index in [1.165, 1.54) is 0 Å². The van der Waals surface area contributed by atoms with E-state index in [0.29, 0.717) is 0 Å². The van der Waals surface area contributed by atoms with E-state index < -0.39 is 17.8 Å². The van der Waals surface area contributed by atoms with E-state index in [2.05, 4.69) is 22.0 Å². The second-order valence-corrected chi connectivity index (χ2v) is 6.05. The van der Waals surface area contributed by atoms with Crippen molar-refractivity contribution in [1.82, 2.24) is 0 Å². The fourth-order valence-electron chi connectivity index (χ4n) is 3.48. The molecule has 1 aliphatic heterocycles. The van der Waals surface area contributed by atoms with Gasteiger partial charge in [0.15, 0.2) is 0 Å². The highest BCUT2D eigenvalue weighted by Crippen LogP contribution is 2.44. The molecule has 1 amide bonds. The lowest BCUT2D eigenvalue weighted by molar-refractivity contribution is -0.166. The maximum atomic E-state index is 12.3. The van der Waals surface area contributed by atoms with Gasteiger partial charge in [0, 0.05) is 5.92 Å². The fourth-order valence-corrected chi connectivity index (χ4v) is 3.48. The van der Waals surface area contributed by atoms with E-state index in [0.717, 1.165) is 22.3 Å². The molecule has 1 heterocycles. The van der Waals surface area contributed by atoms with Crippen LogP contribution in [-0.4, -0.2) is 29.6 Å². The first-order valence-corrected chi connectivity index (χ1v) is 7.96. The Balaban J connectivity index is 1.55. The highest BCUT2D eigenvalue weighted by Gasteiger charge is 2.38. The molecular formula is C19H15NO5. The standard InChI is InChI=1S/C19H15NO5/c21-17-9-15(18(20-17)25-23)19(22)24-10-16-13-7-3-1-5-11(13)12-6-2-4-8-14(12)16/h1-8,15-16,23H,9-10H2. The van der Waals surface area contributed by atoms with Crippen molar-refractivity contribution < 1.29 is 24.5 Å². The molecule has 2 aliphatic rings. The minimum Gasteiger partial charge on any atom is -0.464 e. The summed E-state index contributed by atoms with van der Waals surface area (Å²) in [7, 11) is 0. The molecule has 0 bridgehead atoms. The zero-order chi connectivity index (χ0) is 17.4. The van der Waals surface area contributed by atoms with Crippen LogP contribution in [0.2, 0.25) is 0 Å². The van der Waals surface area contributed by atoms with Crippen LogP contribution in [0.5, 0.6) is 0 Å². The summed E-state index contributed by atoms with van der Waals surface area (Å²) >= 11 is 0. The Morgan fingerprint density at radius 3 is 2.28 bits per heavy atom. The molecule has 4 rings (SSSR count). The maximum absolute atomic E-state index is 12.3. The van der Waals surface area contributed by atoms with Crippen LogP contribution in [0.3, 0.4) is 0 Å². The predicted molar refractivity (Wildman–Crippen MR) is 88.9 cm³/mol. The van der Waals surface area contributed by atoms with Crippen LogP contribution in [0.15, 0.2) is 53.5 Å². The lowest BCUT2D eigenvalue weighted by Crippen LogP contribution is -2.26. The Hall–Kier alpha value is -2.99. The van der Waals surface area contributed by atoms with Gasteiger partial charge in [-0.15, -0.1) is 0 Å². The first-order valence-electron chi connectivity index (χ1n) is 7.96. The average Bonchev–Trinajstić information content (AvgIpc) is 3.18. The van der Waals surface area contributed by atoms with E-state index in [1.54, 1.807) is 0 Å². The van der Waals surface area contributed by atoms with Crippen molar-refractivity contribution in [2.24, 2.45) is 10.9 Å². The third-order valence-electron chi connectivity index (χ3n) is 4.64. The van der Waals surface area contributed by atoms with Gasteiger partial charge in [-0.2, -0.15) is 4.99 Å². The lowest BCUT2D eigenvalue weighted by atomic mass is 9.98. The van der Waals surface area contributed by atoms with Crippen LogP contribution < -0.4 is 0 Å². The molecular weight excluding hydrogens is 322 g/mol. The smallest absolute Gasteiger partial charge is 0.319 e. The molecule has 25 heavy (non-hydrogen) atoms. The van der Waals surface area contributed by atoms with Crippen molar-refractivity contribution in [2.45, 2.75) is 12.3 Å². The topological polar surface area (TPSA) is 85.2 Å². The summed E-state index contributed by atoms with van der Waals surface area (Å²) < 4.78 is 5.44. The highest BCUT2D eigenvalue weighted by atomic mass is 17.1. The lowest BCUT2D eigenvalue weighted by Gasteiger charge is -2.16. The fraction of sp³-hybridized carbons (Fsp3) is 0.211. The van der Waals surface area contributed by atoms with Gasteiger partial charge in [0.1, 0.15) is 12.5 Å². The van der Waals surface area contributed by atoms with Crippen LogP contribution in [0.25, 0.3) is 11.1 Å². The Kier molecular flexibility index (Phi) is 3.82. The van der Waals surface area contributed by atoms with Crippen molar-refractivity contribution >= 4 is 17.8 Å². The van der Waals surface area contributed by atoms with Gasteiger partial charge < -0.3 is 9.62 Å². The first kappa shape index (κ1) is 15.5. The number of benzene rings is 2. The van der Waals surface area contributed by atoms with E-state index >= 15 is 0 Å². The summed E-state index contributed by atoms with van der Waals surface area (Å²) in [5.41, 5.74) is 4.48. The molecule has 6 nitrogen and oxygen atoms in total. The Morgan fingerprint density at radius 1 is 1.08 bits per heavy atom.